The Morgan fingerprint density at radius 2 is 2.03 bits per heavy atom. The summed E-state index contributed by atoms with van der Waals surface area (Å²) in [5.41, 5.74) is 0.971. The highest BCUT2D eigenvalue weighted by Crippen LogP contribution is 2.31. The number of thiophene rings is 1. The van der Waals surface area contributed by atoms with Gasteiger partial charge in [0.2, 0.25) is 5.91 Å². The van der Waals surface area contributed by atoms with Crippen LogP contribution in [0, 0.1) is 5.92 Å². The van der Waals surface area contributed by atoms with Gasteiger partial charge in [0.25, 0.3) is 0 Å². The van der Waals surface area contributed by atoms with E-state index in [1.165, 1.54) is 6.07 Å². The number of nitrogens with zero attached hydrogens (tertiary/aromatic N) is 1. The number of para-hydroxylation sites is 1. The molecule has 2 N–H and O–H groups in total. The number of ether oxygens (including phenoxy) is 1. The number of alkyl halides is 3. The molecule has 0 spiro atoms. The van der Waals surface area contributed by atoms with Crippen molar-refractivity contribution in [3.05, 3.63) is 47.3 Å². The fourth-order valence-electron chi connectivity index (χ4n) is 4.05. The lowest BCUT2D eigenvalue weighted by Crippen LogP contribution is -2.36. The van der Waals surface area contributed by atoms with E-state index in [9.17, 15) is 22.8 Å². The third kappa shape index (κ3) is 8.64. The van der Waals surface area contributed by atoms with E-state index in [-0.39, 0.29) is 29.0 Å². The minimum atomic E-state index is -4.38. The van der Waals surface area contributed by atoms with Crippen molar-refractivity contribution in [2.24, 2.45) is 5.92 Å². The van der Waals surface area contributed by atoms with Gasteiger partial charge in [0.15, 0.2) is 11.7 Å². The van der Waals surface area contributed by atoms with Crippen molar-refractivity contribution < 1.29 is 27.5 Å². The lowest BCUT2D eigenvalue weighted by molar-refractivity contribution is -0.152. The zero-order chi connectivity index (χ0) is 24.6. The van der Waals surface area contributed by atoms with Crippen molar-refractivity contribution >= 4 is 29.2 Å². The Morgan fingerprint density at radius 3 is 2.74 bits per heavy atom. The normalized spacial score (nSPS) is 18.3. The molecule has 3 atom stereocenters. The maximum atomic E-state index is 12.6. The standard InChI is InChI=1S/C24H30F3N3O3S/c1-17(21-7-8-23(34-21)33-16-24(25,26)27)28-22(32)13-18-9-11-30(14-18)15-20(10-12-31)29-19-5-3-2-4-6-19/h2-8,12,17-18,20,29H,9-11,13-16H2,1H3,(H,28,32)/t17-,18-,20?/m1/s1. The SMILES string of the molecule is C[C@@H](NC(=O)C[C@H]1CCN(CC(CC=O)Nc2ccccc2)C1)c1ccc(OCC(F)(F)F)s1. The molecule has 1 aliphatic heterocycles. The third-order valence-electron chi connectivity index (χ3n) is 5.63. The van der Waals surface area contributed by atoms with Crippen molar-refractivity contribution in [2.45, 2.75) is 44.4 Å². The quantitative estimate of drug-likeness (QED) is 0.418. The van der Waals surface area contributed by atoms with Gasteiger partial charge in [-0.3, -0.25) is 4.79 Å². The van der Waals surface area contributed by atoms with E-state index in [0.717, 1.165) is 54.2 Å². The number of benzene rings is 1. The van der Waals surface area contributed by atoms with Gasteiger partial charge in [0.1, 0.15) is 6.29 Å². The number of aldehydes is 1. The van der Waals surface area contributed by atoms with Crippen LogP contribution in [0.25, 0.3) is 0 Å². The third-order valence-corrected chi connectivity index (χ3v) is 6.81. The molecular weight excluding hydrogens is 467 g/mol. The van der Waals surface area contributed by atoms with E-state index in [1.807, 2.05) is 30.3 Å². The monoisotopic (exact) mass is 497 g/mol. The van der Waals surface area contributed by atoms with Crippen LogP contribution in [-0.2, 0) is 9.59 Å². The molecule has 3 rings (SSSR count). The minimum absolute atomic E-state index is 0.0000813. The molecule has 1 aliphatic rings. The second kappa shape index (κ2) is 12.2. The molecule has 0 radical (unpaired) electrons. The molecule has 10 heteroatoms. The molecule has 6 nitrogen and oxygen atoms in total. The van der Waals surface area contributed by atoms with Crippen LogP contribution in [0.5, 0.6) is 5.06 Å². The Balaban J connectivity index is 1.42. The summed E-state index contributed by atoms with van der Waals surface area (Å²) in [7, 11) is 0. The number of hydrogen-bond donors (Lipinski definition) is 2. The minimum Gasteiger partial charge on any atom is -0.475 e. The Morgan fingerprint density at radius 1 is 1.26 bits per heavy atom. The van der Waals surface area contributed by atoms with Crippen molar-refractivity contribution in [3.63, 3.8) is 0 Å². The molecule has 2 aromatic rings. The van der Waals surface area contributed by atoms with Crippen LogP contribution in [0.1, 0.15) is 37.1 Å². The van der Waals surface area contributed by atoms with E-state index < -0.39 is 12.8 Å². The molecule has 0 saturated carbocycles. The lowest BCUT2D eigenvalue weighted by Gasteiger charge is -2.24. The number of hydrogen-bond acceptors (Lipinski definition) is 6. The molecule has 186 valence electrons. The largest absolute Gasteiger partial charge is 0.475 e. The maximum Gasteiger partial charge on any atom is 0.422 e. The Labute approximate surface area is 201 Å². The van der Waals surface area contributed by atoms with Gasteiger partial charge >= 0.3 is 6.18 Å². The molecule has 1 amide bonds. The number of carbonyl (C=O) groups is 2. The summed E-state index contributed by atoms with van der Waals surface area (Å²) in [5.74, 6) is 0.132. The molecule has 1 aromatic heterocycles. The first-order valence-corrected chi connectivity index (χ1v) is 12.1. The fraction of sp³-hybridized carbons (Fsp3) is 0.500. The van der Waals surface area contributed by atoms with Gasteiger partial charge in [-0.25, -0.2) is 0 Å². The maximum absolute atomic E-state index is 12.6. The number of carbonyl (C=O) groups excluding carboxylic acids is 2. The van der Waals surface area contributed by atoms with Crippen LogP contribution in [0.15, 0.2) is 42.5 Å². The number of halogens is 3. The Kier molecular flexibility index (Phi) is 9.35. The van der Waals surface area contributed by atoms with E-state index in [1.54, 1.807) is 13.0 Å². The number of nitrogens with one attached hydrogen (secondary N) is 2. The van der Waals surface area contributed by atoms with Crippen LogP contribution in [0.3, 0.4) is 0 Å². The summed E-state index contributed by atoms with van der Waals surface area (Å²) in [5, 5.41) is 6.51. The van der Waals surface area contributed by atoms with Crippen LogP contribution < -0.4 is 15.4 Å². The summed E-state index contributed by atoms with van der Waals surface area (Å²) in [4.78, 5) is 26.7. The number of rotatable bonds is 12. The van der Waals surface area contributed by atoms with E-state index >= 15 is 0 Å². The van der Waals surface area contributed by atoms with E-state index in [4.69, 9.17) is 4.74 Å². The summed E-state index contributed by atoms with van der Waals surface area (Å²) < 4.78 is 41.7. The average Bonchev–Trinajstić information content (AvgIpc) is 3.42. The second-order valence-electron chi connectivity index (χ2n) is 8.58. The highest BCUT2D eigenvalue weighted by atomic mass is 32.1. The zero-order valence-corrected chi connectivity index (χ0v) is 19.8. The number of anilines is 1. The van der Waals surface area contributed by atoms with Gasteiger partial charge < -0.3 is 25.1 Å². The molecule has 2 heterocycles. The van der Waals surface area contributed by atoms with E-state index in [2.05, 4.69) is 15.5 Å². The summed E-state index contributed by atoms with van der Waals surface area (Å²) in [6.45, 7) is 2.84. The van der Waals surface area contributed by atoms with Gasteiger partial charge in [0, 0.05) is 42.5 Å². The van der Waals surface area contributed by atoms with E-state index in [0.29, 0.717) is 12.8 Å². The smallest absolute Gasteiger partial charge is 0.422 e. The zero-order valence-electron chi connectivity index (χ0n) is 19.0. The van der Waals surface area contributed by atoms with Crippen molar-refractivity contribution in [1.82, 2.24) is 10.2 Å². The van der Waals surface area contributed by atoms with Crippen LogP contribution in [-0.4, -0.2) is 55.6 Å². The first-order chi connectivity index (χ1) is 16.2. The fourth-order valence-corrected chi connectivity index (χ4v) is 4.91. The first kappa shape index (κ1) is 26.0. The molecule has 0 bridgehead atoms. The second-order valence-corrected chi connectivity index (χ2v) is 9.66. The van der Waals surface area contributed by atoms with Gasteiger partial charge in [-0.1, -0.05) is 18.2 Å². The average molecular weight is 498 g/mol. The molecule has 1 unspecified atom stereocenters. The molecule has 1 saturated heterocycles. The molecule has 1 aromatic carbocycles. The van der Waals surface area contributed by atoms with Gasteiger partial charge in [0.05, 0.1) is 6.04 Å². The highest BCUT2D eigenvalue weighted by Gasteiger charge is 2.29. The van der Waals surface area contributed by atoms with Crippen molar-refractivity contribution in [3.8, 4) is 5.06 Å². The molecule has 0 aliphatic carbocycles. The van der Waals surface area contributed by atoms with Crippen LogP contribution in [0.4, 0.5) is 18.9 Å². The summed E-state index contributed by atoms with van der Waals surface area (Å²) >= 11 is 1.10. The summed E-state index contributed by atoms with van der Waals surface area (Å²) in [6, 6.07) is 12.6. The Hall–Kier alpha value is -2.59. The first-order valence-electron chi connectivity index (χ1n) is 11.3. The van der Waals surface area contributed by atoms with Crippen LogP contribution >= 0.6 is 11.3 Å². The van der Waals surface area contributed by atoms with Gasteiger partial charge in [-0.15, -0.1) is 11.3 Å². The molecule has 34 heavy (non-hydrogen) atoms. The van der Waals surface area contributed by atoms with Crippen molar-refractivity contribution in [1.29, 1.82) is 0 Å². The number of likely N-dealkylation sites (tertiary alicyclic amines) is 1. The topological polar surface area (TPSA) is 70.7 Å². The van der Waals surface area contributed by atoms with Gasteiger partial charge in [-0.05, 0) is 50.1 Å². The van der Waals surface area contributed by atoms with Crippen molar-refractivity contribution in [2.75, 3.05) is 31.6 Å². The Bertz CT molecular complexity index is 923. The molecule has 1 fully saturated rings. The molecular formula is C24H30F3N3O3S. The highest BCUT2D eigenvalue weighted by molar-refractivity contribution is 7.13. The predicted molar refractivity (Wildman–Crippen MR) is 126 cm³/mol. The number of amides is 1. The van der Waals surface area contributed by atoms with Gasteiger partial charge in [-0.2, -0.15) is 13.2 Å². The summed E-state index contributed by atoms with van der Waals surface area (Å²) in [6.07, 6.45) is -1.77. The lowest BCUT2D eigenvalue weighted by atomic mass is 10.0. The van der Waals surface area contributed by atoms with Crippen LogP contribution in [0.2, 0.25) is 0 Å². The predicted octanol–water partition coefficient (Wildman–Crippen LogP) is 4.65.